The predicted octanol–water partition coefficient (Wildman–Crippen LogP) is 4.02. The standard InChI is InChI=1S/C21H20ClFN4O/c22-17-2-6-20(7-3-17)27-15-16(14-24-27)21(28)26-11-1-10-25(12-13-26)19-8-4-18(23)5-9-19/h2-9,14-15H,1,10-13H2. The lowest BCUT2D eigenvalue weighted by Crippen LogP contribution is -2.35. The molecular weight excluding hydrogens is 379 g/mol. The van der Waals surface area contributed by atoms with Crippen molar-refractivity contribution in [2.75, 3.05) is 31.1 Å². The van der Waals surface area contributed by atoms with Crippen LogP contribution in [-0.2, 0) is 0 Å². The van der Waals surface area contributed by atoms with Gasteiger partial charge in [0.15, 0.2) is 0 Å². The molecule has 2 heterocycles. The third-order valence-corrected chi connectivity index (χ3v) is 5.15. The number of benzene rings is 2. The number of carbonyl (C=O) groups is 1. The van der Waals surface area contributed by atoms with Crippen molar-refractivity contribution < 1.29 is 9.18 Å². The van der Waals surface area contributed by atoms with Crippen molar-refractivity contribution in [3.8, 4) is 5.69 Å². The Hall–Kier alpha value is -2.86. The van der Waals surface area contributed by atoms with E-state index in [0.29, 0.717) is 30.2 Å². The number of aromatic nitrogens is 2. The fourth-order valence-corrected chi connectivity index (χ4v) is 3.51. The Morgan fingerprint density at radius 3 is 2.39 bits per heavy atom. The summed E-state index contributed by atoms with van der Waals surface area (Å²) in [5, 5.41) is 4.96. The molecule has 0 bridgehead atoms. The number of hydrogen-bond acceptors (Lipinski definition) is 3. The van der Waals surface area contributed by atoms with E-state index in [9.17, 15) is 9.18 Å². The second kappa shape index (κ2) is 8.02. The van der Waals surface area contributed by atoms with Crippen LogP contribution in [0.4, 0.5) is 10.1 Å². The molecule has 0 unspecified atom stereocenters. The first-order valence-electron chi connectivity index (χ1n) is 9.20. The van der Waals surface area contributed by atoms with Gasteiger partial charge in [-0.1, -0.05) is 11.6 Å². The highest BCUT2D eigenvalue weighted by Gasteiger charge is 2.21. The number of carbonyl (C=O) groups excluding carboxylic acids is 1. The normalized spacial score (nSPS) is 14.8. The maximum Gasteiger partial charge on any atom is 0.257 e. The highest BCUT2D eigenvalue weighted by Crippen LogP contribution is 2.19. The van der Waals surface area contributed by atoms with E-state index < -0.39 is 0 Å². The highest BCUT2D eigenvalue weighted by molar-refractivity contribution is 6.30. The van der Waals surface area contributed by atoms with Crippen molar-refractivity contribution in [2.24, 2.45) is 0 Å². The SMILES string of the molecule is O=C(c1cnn(-c2ccc(Cl)cc2)c1)N1CCCN(c2ccc(F)cc2)CC1. The average Bonchev–Trinajstić information content (AvgIpc) is 3.07. The lowest BCUT2D eigenvalue weighted by atomic mass is 10.2. The van der Waals surface area contributed by atoms with E-state index in [1.54, 1.807) is 41.3 Å². The number of amides is 1. The van der Waals surface area contributed by atoms with Gasteiger partial charge in [0.05, 0.1) is 17.4 Å². The van der Waals surface area contributed by atoms with Crippen molar-refractivity contribution in [2.45, 2.75) is 6.42 Å². The number of hydrogen-bond donors (Lipinski definition) is 0. The molecule has 0 atom stereocenters. The monoisotopic (exact) mass is 398 g/mol. The first kappa shape index (κ1) is 18.5. The molecule has 4 rings (SSSR count). The van der Waals surface area contributed by atoms with Crippen LogP contribution in [0.2, 0.25) is 5.02 Å². The van der Waals surface area contributed by atoms with Gasteiger partial charge in [0.2, 0.25) is 0 Å². The Bertz CT molecular complexity index is 955. The number of nitrogens with zero attached hydrogens (tertiary/aromatic N) is 4. The summed E-state index contributed by atoms with van der Waals surface area (Å²) in [7, 11) is 0. The van der Waals surface area contributed by atoms with E-state index in [1.807, 2.05) is 17.0 Å². The number of halogens is 2. The van der Waals surface area contributed by atoms with E-state index in [4.69, 9.17) is 11.6 Å². The second-order valence-corrected chi connectivity index (χ2v) is 7.20. The quantitative estimate of drug-likeness (QED) is 0.669. The molecule has 0 spiro atoms. The molecule has 1 aromatic heterocycles. The Kier molecular flexibility index (Phi) is 5.30. The Labute approximate surface area is 167 Å². The summed E-state index contributed by atoms with van der Waals surface area (Å²) in [5.41, 5.74) is 2.39. The molecule has 1 fully saturated rings. The molecule has 1 aliphatic heterocycles. The number of anilines is 1. The van der Waals surface area contributed by atoms with Crippen LogP contribution in [0.25, 0.3) is 5.69 Å². The minimum absolute atomic E-state index is 0.0267. The maximum absolute atomic E-state index is 13.1. The summed E-state index contributed by atoms with van der Waals surface area (Å²) >= 11 is 5.92. The van der Waals surface area contributed by atoms with Gasteiger partial charge in [-0.2, -0.15) is 5.10 Å². The lowest BCUT2D eigenvalue weighted by Gasteiger charge is -2.23. The average molecular weight is 399 g/mol. The van der Waals surface area contributed by atoms with Crippen LogP contribution in [0, 0.1) is 5.82 Å². The van der Waals surface area contributed by atoms with Crippen LogP contribution in [0.3, 0.4) is 0 Å². The molecule has 1 aliphatic rings. The van der Waals surface area contributed by atoms with E-state index in [0.717, 1.165) is 24.3 Å². The van der Waals surface area contributed by atoms with Crippen molar-refractivity contribution in [3.63, 3.8) is 0 Å². The smallest absolute Gasteiger partial charge is 0.257 e. The second-order valence-electron chi connectivity index (χ2n) is 6.76. The molecule has 0 radical (unpaired) electrons. The summed E-state index contributed by atoms with van der Waals surface area (Å²) in [6, 6.07) is 13.8. The Balaban J connectivity index is 1.44. The summed E-state index contributed by atoms with van der Waals surface area (Å²) in [6.45, 7) is 2.84. The van der Waals surface area contributed by atoms with Crippen LogP contribution in [-0.4, -0.2) is 46.8 Å². The van der Waals surface area contributed by atoms with Crippen LogP contribution >= 0.6 is 11.6 Å². The Morgan fingerprint density at radius 1 is 0.929 bits per heavy atom. The first-order valence-corrected chi connectivity index (χ1v) is 9.58. The molecule has 7 heteroatoms. The summed E-state index contributed by atoms with van der Waals surface area (Å²) in [5.74, 6) is -0.269. The Morgan fingerprint density at radius 2 is 1.64 bits per heavy atom. The molecule has 1 amide bonds. The molecule has 28 heavy (non-hydrogen) atoms. The van der Waals surface area contributed by atoms with Gasteiger partial charge in [0.25, 0.3) is 5.91 Å². The van der Waals surface area contributed by atoms with Crippen LogP contribution in [0.5, 0.6) is 0 Å². The zero-order chi connectivity index (χ0) is 19.5. The van der Waals surface area contributed by atoms with Crippen LogP contribution < -0.4 is 4.90 Å². The van der Waals surface area contributed by atoms with Gasteiger partial charge in [0.1, 0.15) is 5.82 Å². The molecule has 144 valence electrons. The lowest BCUT2D eigenvalue weighted by molar-refractivity contribution is 0.0767. The predicted molar refractivity (Wildman–Crippen MR) is 108 cm³/mol. The first-order chi connectivity index (χ1) is 13.6. The minimum atomic E-state index is -0.243. The van der Waals surface area contributed by atoms with Gasteiger partial charge >= 0.3 is 0 Å². The zero-order valence-corrected chi connectivity index (χ0v) is 16.0. The van der Waals surface area contributed by atoms with Crippen molar-refractivity contribution in [1.29, 1.82) is 0 Å². The fraction of sp³-hybridized carbons (Fsp3) is 0.238. The molecule has 0 saturated carbocycles. The molecule has 5 nitrogen and oxygen atoms in total. The third-order valence-electron chi connectivity index (χ3n) is 4.90. The minimum Gasteiger partial charge on any atom is -0.370 e. The topological polar surface area (TPSA) is 41.4 Å². The van der Waals surface area contributed by atoms with Crippen molar-refractivity contribution in [1.82, 2.24) is 14.7 Å². The summed E-state index contributed by atoms with van der Waals surface area (Å²) in [6.07, 6.45) is 4.20. The third kappa shape index (κ3) is 4.02. The number of rotatable bonds is 3. The molecule has 0 aliphatic carbocycles. The van der Waals surface area contributed by atoms with E-state index >= 15 is 0 Å². The fourth-order valence-electron chi connectivity index (χ4n) is 3.38. The van der Waals surface area contributed by atoms with E-state index in [1.165, 1.54) is 12.1 Å². The van der Waals surface area contributed by atoms with Crippen molar-refractivity contribution >= 4 is 23.2 Å². The summed E-state index contributed by atoms with van der Waals surface area (Å²) < 4.78 is 14.8. The highest BCUT2D eigenvalue weighted by atomic mass is 35.5. The van der Waals surface area contributed by atoms with Gasteiger partial charge in [-0.3, -0.25) is 4.79 Å². The summed E-state index contributed by atoms with van der Waals surface area (Å²) in [4.78, 5) is 17.0. The van der Waals surface area contributed by atoms with Crippen molar-refractivity contribution in [3.05, 3.63) is 77.3 Å². The molecular formula is C21H20ClFN4O. The van der Waals surface area contributed by atoms with Crippen LogP contribution in [0.1, 0.15) is 16.8 Å². The van der Waals surface area contributed by atoms with Crippen LogP contribution in [0.15, 0.2) is 60.9 Å². The zero-order valence-electron chi connectivity index (χ0n) is 15.3. The maximum atomic E-state index is 13.1. The van der Waals surface area contributed by atoms with Gasteiger partial charge in [-0.25, -0.2) is 9.07 Å². The van der Waals surface area contributed by atoms with Gasteiger partial charge < -0.3 is 9.80 Å². The largest absolute Gasteiger partial charge is 0.370 e. The van der Waals surface area contributed by atoms with Gasteiger partial charge in [0, 0.05) is 43.1 Å². The van der Waals surface area contributed by atoms with Gasteiger partial charge in [-0.05, 0) is 55.0 Å². The van der Waals surface area contributed by atoms with E-state index in [-0.39, 0.29) is 11.7 Å². The molecule has 2 aromatic carbocycles. The van der Waals surface area contributed by atoms with Gasteiger partial charge in [-0.15, -0.1) is 0 Å². The van der Waals surface area contributed by atoms with E-state index in [2.05, 4.69) is 10.00 Å². The molecule has 1 saturated heterocycles. The molecule has 3 aromatic rings. The molecule has 0 N–H and O–H groups in total.